The normalized spacial score (nSPS) is 11.3. The largest absolute Gasteiger partial charge is 0.508 e. The van der Waals surface area contributed by atoms with E-state index in [-0.39, 0.29) is 16.3 Å². The van der Waals surface area contributed by atoms with Gasteiger partial charge in [-0.25, -0.2) is 12.8 Å². The molecule has 4 nitrogen and oxygen atoms in total. The molecule has 0 unspecified atom stereocenters. The van der Waals surface area contributed by atoms with Crippen molar-refractivity contribution in [1.82, 2.24) is 0 Å². The number of para-hydroxylation sites is 1. The van der Waals surface area contributed by atoms with Gasteiger partial charge in [0.05, 0.1) is 10.6 Å². The molecular weight excluding hydrogens is 269 g/mol. The van der Waals surface area contributed by atoms with Crippen LogP contribution >= 0.6 is 0 Å². The van der Waals surface area contributed by atoms with E-state index in [1.54, 1.807) is 6.07 Å². The van der Waals surface area contributed by atoms with Crippen molar-refractivity contribution < 1.29 is 17.9 Å². The molecule has 0 bridgehead atoms. The molecule has 0 radical (unpaired) electrons. The third-order valence-corrected chi connectivity index (χ3v) is 4.44. The monoisotopic (exact) mass is 281 g/mol. The molecule has 0 spiro atoms. The molecule has 0 atom stereocenters. The summed E-state index contributed by atoms with van der Waals surface area (Å²) in [5, 5.41) is 9.33. The van der Waals surface area contributed by atoms with Crippen LogP contribution in [-0.2, 0) is 10.0 Å². The van der Waals surface area contributed by atoms with Gasteiger partial charge in [0.2, 0.25) is 0 Å². The topological polar surface area (TPSA) is 57.6 Å². The first-order valence-electron chi connectivity index (χ1n) is 5.45. The van der Waals surface area contributed by atoms with E-state index in [0.29, 0.717) is 0 Å². The van der Waals surface area contributed by atoms with Crippen LogP contribution in [0.25, 0.3) is 0 Å². The molecule has 19 heavy (non-hydrogen) atoms. The number of halogens is 1. The van der Waals surface area contributed by atoms with Gasteiger partial charge in [0, 0.05) is 13.1 Å². The summed E-state index contributed by atoms with van der Waals surface area (Å²) in [4.78, 5) is -0.0988. The summed E-state index contributed by atoms with van der Waals surface area (Å²) in [7, 11) is -2.64. The number of phenols is 1. The van der Waals surface area contributed by atoms with Gasteiger partial charge < -0.3 is 5.11 Å². The van der Waals surface area contributed by atoms with Gasteiger partial charge in [-0.1, -0.05) is 18.2 Å². The lowest BCUT2D eigenvalue weighted by Crippen LogP contribution is -2.27. The Hall–Kier alpha value is -2.08. The lowest BCUT2D eigenvalue weighted by atomic mass is 10.3. The van der Waals surface area contributed by atoms with Gasteiger partial charge in [0.1, 0.15) is 11.6 Å². The number of phenolic OH excluding ortho intramolecular Hbond substituents is 1. The van der Waals surface area contributed by atoms with E-state index in [0.717, 1.165) is 10.4 Å². The molecule has 2 aromatic rings. The Bertz CT molecular complexity index is 701. The van der Waals surface area contributed by atoms with E-state index < -0.39 is 15.8 Å². The average molecular weight is 281 g/mol. The molecule has 0 amide bonds. The van der Waals surface area contributed by atoms with Gasteiger partial charge in [-0.2, -0.15) is 0 Å². The van der Waals surface area contributed by atoms with Gasteiger partial charge in [-0.15, -0.1) is 0 Å². The first-order valence-corrected chi connectivity index (χ1v) is 6.89. The lowest BCUT2D eigenvalue weighted by Gasteiger charge is -2.20. The molecule has 1 N–H and O–H groups in total. The Labute approximate surface area is 110 Å². The fourth-order valence-corrected chi connectivity index (χ4v) is 2.88. The summed E-state index contributed by atoms with van der Waals surface area (Å²) in [5.41, 5.74) is -0.0501. The highest BCUT2D eigenvalue weighted by atomic mass is 32.2. The van der Waals surface area contributed by atoms with Crippen LogP contribution in [-0.4, -0.2) is 20.6 Å². The molecule has 0 saturated heterocycles. The number of hydrogen-bond acceptors (Lipinski definition) is 3. The Morgan fingerprint density at radius 1 is 1.11 bits per heavy atom. The highest BCUT2D eigenvalue weighted by Crippen LogP contribution is 2.25. The number of benzene rings is 2. The SMILES string of the molecule is CN(c1ccccc1F)S(=O)(=O)c1cccc(O)c1. The predicted octanol–water partition coefficient (Wildman–Crippen LogP) is 2.36. The van der Waals surface area contributed by atoms with Crippen molar-refractivity contribution in [3.05, 3.63) is 54.3 Å². The minimum Gasteiger partial charge on any atom is -0.508 e. The summed E-state index contributed by atoms with van der Waals surface area (Å²) in [6.07, 6.45) is 0. The number of rotatable bonds is 3. The first kappa shape index (κ1) is 13.4. The maximum atomic E-state index is 13.6. The highest BCUT2D eigenvalue weighted by Gasteiger charge is 2.23. The van der Waals surface area contributed by atoms with E-state index in [4.69, 9.17) is 0 Å². The van der Waals surface area contributed by atoms with Crippen LogP contribution in [0.3, 0.4) is 0 Å². The van der Waals surface area contributed by atoms with Crippen molar-refractivity contribution in [3.63, 3.8) is 0 Å². The molecule has 0 fully saturated rings. The predicted molar refractivity (Wildman–Crippen MR) is 70.1 cm³/mol. The molecule has 0 aliphatic heterocycles. The van der Waals surface area contributed by atoms with Crippen LogP contribution in [0.4, 0.5) is 10.1 Å². The van der Waals surface area contributed by atoms with E-state index in [9.17, 15) is 17.9 Å². The van der Waals surface area contributed by atoms with Crippen molar-refractivity contribution in [2.75, 3.05) is 11.4 Å². The fourth-order valence-electron chi connectivity index (χ4n) is 1.64. The first-order chi connectivity index (χ1) is 8.93. The van der Waals surface area contributed by atoms with Crippen LogP contribution in [0.15, 0.2) is 53.4 Å². The van der Waals surface area contributed by atoms with Crippen LogP contribution in [0.5, 0.6) is 5.75 Å². The number of sulfonamides is 1. The molecule has 6 heteroatoms. The highest BCUT2D eigenvalue weighted by molar-refractivity contribution is 7.92. The zero-order valence-corrected chi connectivity index (χ0v) is 10.9. The van der Waals surface area contributed by atoms with E-state index >= 15 is 0 Å². The van der Waals surface area contributed by atoms with Crippen LogP contribution in [0.1, 0.15) is 0 Å². The van der Waals surface area contributed by atoms with Crippen molar-refractivity contribution in [3.8, 4) is 5.75 Å². The quantitative estimate of drug-likeness (QED) is 0.939. The number of aromatic hydroxyl groups is 1. The molecule has 100 valence electrons. The van der Waals surface area contributed by atoms with Crippen LogP contribution in [0.2, 0.25) is 0 Å². The maximum Gasteiger partial charge on any atom is 0.264 e. The second-order valence-electron chi connectivity index (χ2n) is 3.92. The summed E-state index contributed by atoms with van der Waals surface area (Å²) in [5.74, 6) is -0.795. The van der Waals surface area contributed by atoms with Gasteiger partial charge >= 0.3 is 0 Å². The summed E-state index contributed by atoms with van der Waals surface area (Å²) >= 11 is 0. The molecular formula is C13H12FNO3S. The molecule has 2 rings (SSSR count). The third-order valence-electron chi connectivity index (χ3n) is 2.67. The van der Waals surface area contributed by atoms with Gasteiger partial charge in [0.15, 0.2) is 0 Å². The second kappa shape index (κ2) is 4.89. The Kier molecular flexibility index (Phi) is 3.44. The van der Waals surface area contributed by atoms with Crippen LogP contribution < -0.4 is 4.31 Å². The Morgan fingerprint density at radius 3 is 2.42 bits per heavy atom. The average Bonchev–Trinajstić information content (AvgIpc) is 2.38. The van der Waals surface area contributed by atoms with Gasteiger partial charge in [-0.3, -0.25) is 4.31 Å². The van der Waals surface area contributed by atoms with E-state index in [2.05, 4.69) is 0 Å². The zero-order chi connectivity index (χ0) is 14.0. The van der Waals surface area contributed by atoms with Crippen molar-refractivity contribution >= 4 is 15.7 Å². The molecule has 0 heterocycles. The van der Waals surface area contributed by atoms with Gasteiger partial charge in [0.25, 0.3) is 10.0 Å². The summed E-state index contributed by atoms with van der Waals surface area (Å²) < 4.78 is 39.0. The minimum absolute atomic E-state index is 0.0501. The van der Waals surface area contributed by atoms with Crippen molar-refractivity contribution in [1.29, 1.82) is 0 Å². The standard InChI is InChI=1S/C13H12FNO3S/c1-15(13-8-3-2-7-12(13)14)19(17,18)11-6-4-5-10(16)9-11/h2-9,16H,1H3. The number of nitrogens with zero attached hydrogens (tertiary/aromatic N) is 1. The van der Waals surface area contributed by atoms with Gasteiger partial charge in [-0.05, 0) is 24.3 Å². The minimum atomic E-state index is -3.90. The molecule has 0 aliphatic rings. The third kappa shape index (κ3) is 2.53. The molecule has 0 saturated carbocycles. The van der Waals surface area contributed by atoms with Crippen LogP contribution in [0, 0.1) is 5.82 Å². The second-order valence-corrected chi connectivity index (χ2v) is 5.89. The smallest absolute Gasteiger partial charge is 0.264 e. The summed E-state index contributed by atoms with van der Waals surface area (Å²) in [6, 6.07) is 10.8. The van der Waals surface area contributed by atoms with E-state index in [1.807, 2.05) is 0 Å². The fraction of sp³-hybridized carbons (Fsp3) is 0.0769. The van der Waals surface area contributed by atoms with Crippen molar-refractivity contribution in [2.24, 2.45) is 0 Å². The molecule has 0 aliphatic carbocycles. The number of anilines is 1. The van der Waals surface area contributed by atoms with E-state index in [1.165, 1.54) is 43.4 Å². The molecule has 0 aromatic heterocycles. The molecule has 2 aromatic carbocycles. The lowest BCUT2D eigenvalue weighted by molar-refractivity contribution is 0.473. The maximum absolute atomic E-state index is 13.6. The Balaban J connectivity index is 2.49. The van der Waals surface area contributed by atoms with Crippen molar-refractivity contribution in [2.45, 2.75) is 4.90 Å². The summed E-state index contributed by atoms with van der Waals surface area (Å²) in [6.45, 7) is 0. The Morgan fingerprint density at radius 2 is 1.79 bits per heavy atom. The number of hydrogen-bond donors (Lipinski definition) is 1. The zero-order valence-electron chi connectivity index (χ0n) is 10.1.